The van der Waals surface area contributed by atoms with E-state index in [1.165, 1.54) is 24.3 Å². The topological polar surface area (TPSA) is 93.5 Å². The number of alkyl halides is 2. The molecular formula is C22H18F7N3O4S. The fraction of sp³-hybridized carbons (Fsp3) is 0.227. The molecule has 4 rings (SSSR count). The Kier molecular flexibility index (Phi) is 5.60. The van der Waals surface area contributed by atoms with Gasteiger partial charge in [0.1, 0.15) is 21.9 Å². The number of nitrogens with one attached hydrogen (secondary N) is 1. The summed E-state index contributed by atoms with van der Waals surface area (Å²) in [5, 5.41) is 15.2. The highest BCUT2D eigenvalue weighted by Crippen LogP contribution is 3.02. The molecule has 0 spiro atoms. The molecule has 1 amide bonds. The number of benzene rings is 2. The van der Waals surface area contributed by atoms with Gasteiger partial charge >= 0.3 is 16.2 Å². The van der Waals surface area contributed by atoms with Crippen LogP contribution in [-0.2, 0) is 12.6 Å². The first-order chi connectivity index (χ1) is 16.9. The monoisotopic (exact) mass is 553 g/mol. The zero-order valence-electron chi connectivity index (χ0n) is 18.7. The number of aryl methyl sites for hydroxylation is 1. The number of carboxylic acid groups (broad SMARTS) is 1. The molecule has 1 heterocycles. The second-order valence-corrected chi connectivity index (χ2v) is 10.9. The molecule has 0 saturated heterocycles. The molecule has 1 saturated carbocycles. The maximum atomic E-state index is 13.7. The highest BCUT2D eigenvalue weighted by molar-refractivity contribution is 8.45. The first kappa shape index (κ1) is 26.3. The maximum absolute atomic E-state index is 13.7. The third kappa shape index (κ3) is 5.35. The summed E-state index contributed by atoms with van der Waals surface area (Å²) in [6.45, 7) is 0. The van der Waals surface area contributed by atoms with Crippen molar-refractivity contribution in [3.63, 3.8) is 0 Å². The third-order valence-corrected chi connectivity index (χ3v) is 6.85. The molecule has 1 aliphatic carbocycles. The Hall–Kier alpha value is -3.75. The van der Waals surface area contributed by atoms with Gasteiger partial charge in [-0.15, -0.1) is 0 Å². The van der Waals surface area contributed by atoms with Gasteiger partial charge in [-0.1, -0.05) is 37.6 Å². The van der Waals surface area contributed by atoms with Gasteiger partial charge in [0, 0.05) is 13.1 Å². The van der Waals surface area contributed by atoms with Crippen molar-refractivity contribution >= 4 is 22.1 Å². The van der Waals surface area contributed by atoms with Crippen LogP contribution in [-0.4, -0.2) is 26.8 Å². The molecule has 1 aromatic heterocycles. The number of halogens is 7. The molecule has 7 nitrogen and oxygen atoms in total. The van der Waals surface area contributed by atoms with Crippen molar-refractivity contribution in [3.8, 4) is 11.6 Å². The minimum atomic E-state index is -10.1. The molecule has 3 aromatic rings. The number of nitrogens with zero attached hydrogens (tertiary/aromatic N) is 2. The van der Waals surface area contributed by atoms with Crippen LogP contribution in [0.25, 0.3) is 0 Å². The standard InChI is InChI=1S/C22H18F7N3O4S/c1-32-20(36-14-3-2-4-15(11-14)37(25,26,27,28)29)16(17(31-32)18(23)24)19(33)30-22(9-10-22)13-7-5-12(6-8-13)21(34)35/h2-8,11,18H,9-10H2,1H3,(H,30,33)(H,34,35). The van der Waals surface area contributed by atoms with Crippen LogP contribution in [0.15, 0.2) is 53.4 Å². The number of hydrogen-bond donors (Lipinski definition) is 2. The minimum absolute atomic E-state index is 0.00464. The lowest BCUT2D eigenvalue weighted by Crippen LogP contribution is -2.35. The Morgan fingerprint density at radius 1 is 1.08 bits per heavy atom. The summed E-state index contributed by atoms with van der Waals surface area (Å²) < 4.78 is 99.4. The fourth-order valence-corrected chi connectivity index (χ4v) is 4.40. The summed E-state index contributed by atoms with van der Waals surface area (Å²) >= 11 is 0. The number of ether oxygens (including phenoxy) is 1. The molecular weight excluding hydrogens is 535 g/mol. The Morgan fingerprint density at radius 2 is 1.70 bits per heavy atom. The van der Waals surface area contributed by atoms with Crippen LogP contribution in [0.1, 0.15) is 51.2 Å². The fourth-order valence-electron chi connectivity index (χ4n) is 3.72. The largest absolute Gasteiger partial charge is 0.478 e. The first-order valence-electron chi connectivity index (χ1n) is 10.4. The van der Waals surface area contributed by atoms with Crippen molar-refractivity contribution in [1.29, 1.82) is 0 Å². The second kappa shape index (κ2) is 7.87. The number of aromatic nitrogens is 2. The molecule has 1 fully saturated rings. The third-order valence-electron chi connectivity index (χ3n) is 5.71. The molecule has 2 aromatic carbocycles. The van der Waals surface area contributed by atoms with Gasteiger partial charge in [-0.3, -0.25) is 4.79 Å². The van der Waals surface area contributed by atoms with Crippen molar-refractivity contribution in [3.05, 3.63) is 70.9 Å². The van der Waals surface area contributed by atoms with Gasteiger partial charge in [0.2, 0.25) is 5.88 Å². The highest BCUT2D eigenvalue weighted by atomic mass is 32.5. The first-order valence-corrected chi connectivity index (χ1v) is 12.4. The van der Waals surface area contributed by atoms with Crippen molar-refractivity contribution in [2.24, 2.45) is 7.05 Å². The van der Waals surface area contributed by atoms with Crippen LogP contribution in [0.3, 0.4) is 0 Å². The van der Waals surface area contributed by atoms with E-state index in [2.05, 4.69) is 10.4 Å². The Labute approximate surface area is 204 Å². The molecule has 0 atom stereocenters. The maximum Gasteiger partial charge on any atom is 0.335 e. The second-order valence-electron chi connectivity index (χ2n) is 8.45. The van der Waals surface area contributed by atoms with Crippen molar-refractivity contribution in [1.82, 2.24) is 15.1 Å². The Bertz CT molecular complexity index is 1400. The van der Waals surface area contributed by atoms with E-state index in [-0.39, 0.29) is 17.7 Å². The van der Waals surface area contributed by atoms with Crippen LogP contribution >= 0.6 is 10.2 Å². The van der Waals surface area contributed by atoms with Gasteiger partial charge in [0.15, 0.2) is 0 Å². The van der Waals surface area contributed by atoms with Gasteiger partial charge in [0.25, 0.3) is 12.3 Å². The smallest absolute Gasteiger partial charge is 0.335 e. The number of aromatic carboxylic acids is 1. The van der Waals surface area contributed by atoms with Crippen LogP contribution in [0.2, 0.25) is 0 Å². The molecule has 200 valence electrons. The number of hydrogen-bond acceptors (Lipinski definition) is 4. The van der Waals surface area contributed by atoms with Gasteiger partial charge < -0.3 is 15.2 Å². The van der Waals surface area contributed by atoms with E-state index in [0.29, 0.717) is 29.2 Å². The molecule has 2 N–H and O–H groups in total. The van der Waals surface area contributed by atoms with Gasteiger partial charge in [-0.25, -0.2) is 18.3 Å². The van der Waals surface area contributed by atoms with Crippen molar-refractivity contribution in [2.45, 2.75) is 29.7 Å². The Balaban J connectivity index is 1.69. The molecule has 0 radical (unpaired) electrons. The van der Waals surface area contributed by atoms with Crippen LogP contribution in [0, 0.1) is 0 Å². The normalized spacial score (nSPS) is 16.6. The van der Waals surface area contributed by atoms with E-state index in [1.54, 1.807) is 0 Å². The average molecular weight is 553 g/mol. The number of amides is 1. The van der Waals surface area contributed by atoms with E-state index in [4.69, 9.17) is 9.84 Å². The SMILES string of the molecule is Cn1nc(C(F)F)c(C(=O)NC2(c3ccc(C(=O)O)cc3)CC2)c1Oc1cccc(S(F)(F)(F)(F)F)c1. The quantitative estimate of drug-likeness (QED) is 0.295. The lowest BCUT2D eigenvalue weighted by atomic mass is 10.0. The number of carbonyl (C=O) groups excluding carboxylic acids is 1. The number of carboxylic acids is 1. The van der Waals surface area contributed by atoms with Gasteiger partial charge in [0.05, 0.1) is 11.1 Å². The van der Waals surface area contributed by atoms with E-state index in [9.17, 15) is 37.8 Å². The molecule has 0 aliphatic heterocycles. The predicted molar refractivity (Wildman–Crippen MR) is 118 cm³/mol. The zero-order valence-corrected chi connectivity index (χ0v) is 19.5. The van der Waals surface area contributed by atoms with E-state index < -0.39 is 61.8 Å². The minimum Gasteiger partial charge on any atom is -0.478 e. The summed E-state index contributed by atoms with van der Waals surface area (Å²) in [4.78, 5) is 22.0. The molecule has 0 unspecified atom stereocenters. The predicted octanol–water partition coefficient (Wildman–Crippen LogP) is 6.92. The number of carbonyl (C=O) groups is 2. The number of rotatable bonds is 8. The lowest BCUT2D eigenvalue weighted by molar-refractivity contribution is 0.0696. The van der Waals surface area contributed by atoms with Crippen LogP contribution < -0.4 is 10.1 Å². The lowest BCUT2D eigenvalue weighted by Gasteiger charge is -2.40. The van der Waals surface area contributed by atoms with E-state index >= 15 is 0 Å². The molecule has 37 heavy (non-hydrogen) atoms. The van der Waals surface area contributed by atoms with Crippen molar-refractivity contribution < 1.29 is 47.6 Å². The summed E-state index contributed by atoms with van der Waals surface area (Å²) in [5.41, 5.74) is -2.34. The summed E-state index contributed by atoms with van der Waals surface area (Å²) in [6, 6.07) is 7.20. The molecule has 1 aliphatic rings. The average Bonchev–Trinajstić information content (AvgIpc) is 3.49. The zero-order chi connectivity index (χ0) is 27.5. The van der Waals surface area contributed by atoms with E-state index in [0.717, 1.165) is 13.1 Å². The van der Waals surface area contributed by atoms with E-state index in [1.807, 2.05) is 0 Å². The highest BCUT2D eigenvalue weighted by Gasteiger charge is 2.65. The summed E-state index contributed by atoms with van der Waals surface area (Å²) in [5.74, 6) is -3.74. The molecule has 15 heteroatoms. The molecule has 0 bridgehead atoms. The van der Waals surface area contributed by atoms with Crippen LogP contribution in [0.4, 0.5) is 28.2 Å². The van der Waals surface area contributed by atoms with Gasteiger partial charge in [-0.2, -0.15) is 5.10 Å². The van der Waals surface area contributed by atoms with Gasteiger partial charge in [-0.05, 0) is 42.7 Å². The van der Waals surface area contributed by atoms with Crippen LogP contribution in [0.5, 0.6) is 11.6 Å². The van der Waals surface area contributed by atoms with Crippen molar-refractivity contribution in [2.75, 3.05) is 0 Å². The summed E-state index contributed by atoms with van der Waals surface area (Å²) in [7, 11) is -8.99. The summed E-state index contributed by atoms with van der Waals surface area (Å²) in [6.07, 6.45) is -2.51. The Morgan fingerprint density at radius 3 is 2.22 bits per heavy atom.